The fourth-order valence-corrected chi connectivity index (χ4v) is 3.86. The third-order valence-electron chi connectivity index (χ3n) is 2.67. The Balaban J connectivity index is 1.93. The van der Waals surface area contributed by atoms with Crippen molar-refractivity contribution in [3.63, 3.8) is 0 Å². The molecule has 0 saturated heterocycles. The highest BCUT2D eigenvalue weighted by Gasteiger charge is 2.27. The van der Waals surface area contributed by atoms with Gasteiger partial charge in [0, 0.05) is 11.3 Å². The van der Waals surface area contributed by atoms with Gasteiger partial charge in [0.1, 0.15) is 5.00 Å². The highest BCUT2D eigenvalue weighted by molar-refractivity contribution is 7.99. The molecule has 0 aliphatic heterocycles. The van der Waals surface area contributed by atoms with Crippen molar-refractivity contribution >= 4 is 33.2 Å². The lowest BCUT2D eigenvalue weighted by molar-refractivity contribution is 0.766. The number of aromatic nitrogens is 1. The molecule has 5 heteroatoms. The van der Waals surface area contributed by atoms with Gasteiger partial charge in [-0.2, -0.15) is 11.8 Å². The average molecular weight is 243 g/mol. The molecule has 2 unspecified atom stereocenters. The van der Waals surface area contributed by atoms with E-state index in [2.05, 4.69) is 29.0 Å². The Bertz CT molecular complexity index is 313. The molecule has 1 saturated carbocycles. The fourth-order valence-electron chi connectivity index (χ4n) is 2.02. The molecule has 0 amide bonds. The summed E-state index contributed by atoms with van der Waals surface area (Å²) in [4.78, 5) is 4.25. The summed E-state index contributed by atoms with van der Waals surface area (Å²) in [6.07, 6.45) is 5.65. The molecule has 0 radical (unpaired) electrons. The zero-order valence-corrected chi connectivity index (χ0v) is 10.5. The Hall–Kier alpha value is -0.420. The van der Waals surface area contributed by atoms with Gasteiger partial charge in [-0.25, -0.2) is 4.98 Å². The van der Waals surface area contributed by atoms with Crippen LogP contribution in [0.3, 0.4) is 0 Å². The van der Waals surface area contributed by atoms with Crippen LogP contribution in [0.15, 0.2) is 6.20 Å². The van der Waals surface area contributed by atoms with E-state index in [0.29, 0.717) is 6.04 Å². The molecular formula is C10H17N3S2. The molecule has 3 nitrogen and oxygen atoms in total. The molecule has 15 heavy (non-hydrogen) atoms. The number of hydrogen-bond donors (Lipinski definition) is 2. The predicted molar refractivity (Wildman–Crippen MR) is 69.7 cm³/mol. The van der Waals surface area contributed by atoms with Gasteiger partial charge in [0.05, 0.1) is 6.20 Å². The molecule has 84 valence electrons. The molecule has 1 aliphatic carbocycles. The lowest BCUT2D eigenvalue weighted by atomic mass is 10.2. The molecule has 0 bridgehead atoms. The summed E-state index contributed by atoms with van der Waals surface area (Å²) in [6.45, 7) is 2.22. The smallest absolute Gasteiger partial charge is 0.184 e. The quantitative estimate of drug-likeness (QED) is 0.854. The van der Waals surface area contributed by atoms with Crippen molar-refractivity contribution in [1.29, 1.82) is 0 Å². The largest absolute Gasteiger partial charge is 0.389 e. The number of rotatable bonds is 4. The van der Waals surface area contributed by atoms with Crippen LogP contribution in [0, 0.1) is 0 Å². The van der Waals surface area contributed by atoms with Crippen LogP contribution in [-0.4, -0.2) is 22.0 Å². The van der Waals surface area contributed by atoms with Crippen LogP contribution in [0.2, 0.25) is 0 Å². The highest BCUT2D eigenvalue weighted by atomic mass is 32.2. The molecule has 1 heterocycles. The van der Waals surface area contributed by atoms with Crippen molar-refractivity contribution in [1.82, 2.24) is 4.98 Å². The van der Waals surface area contributed by atoms with Crippen molar-refractivity contribution in [2.45, 2.75) is 37.5 Å². The number of nitrogens with zero attached hydrogens (tertiary/aromatic N) is 1. The Morgan fingerprint density at radius 1 is 1.67 bits per heavy atom. The molecule has 3 N–H and O–H groups in total. The molecule has 1 aromatic heterocycles. The van der Waals surface area contributed by atoms with E-state index in [0.717, 1.165) is 15.4 Å². The number of nitrogens with one attached hydrogen (secondary N) is 1. The van der Waals surface area contributed by atoms with Gasteiger partial charge in [0.2, 0.25) is 0 Å². The first-order valence-corrected chi connectivity index (χ1v) is 7.25. The summed E-state index contributed by atoms with van der Waals surface area (Å²) in [7, 11) is 0. The first-order valence-electron chi connectivity index (χ1n) is 5.39. The summed E-state index contributed by atoms with van der Waals surface area (Å²) >= 11 is 3.60. The van der Waals surface area contributed by atoms with Crippen LogP contribution in [0.5, 0.6) is 0 Å². The first kappa shape index (κ1) is 11.1. The summed E-state index contributed by atoms with van der Waals surface area (Å²) < 4.78 is 0. The van der Waals surface area contributed by atoms with E-state index in [-0.39, 0.29) is 0 Å². The van der Waals surface area contributed by atoms with Crippen LogP contribution in [-0.2, 0) is 0 Å². The summed E-state index contributed by atoms with van der Waals surface area (Å²) in [5.74, 6) is 1.20. The number of anilines is 2. The van der Waals surface area contributed by atoms with Crippen LogP contribution < -0.4 is 11.1 Å². The van der Waals surface area contributed by atoms with Crippen LogP contribution in [0.25, 0.3) is 0 Å². The minimum absolute atomic E-state index is 0.584. The van der Waals surface area contributed by atoms with E-state index in [9.17, 15) is 0 Å². The van der Waals surface area contributed by atoms with Crippen molar-refractivity contribution in [2.75, 3.05) is 16.8 Å². The zero-order valence-electron chi connectivity index (χ0n) is 8.90. The molecule has 2 rings (SSSR count). The van der Waals surface area contributed by atoms with Gasteiger partial charge in [-0.05, 0) is 18.6 Å². The van der Waals surface area contributed by atoms with Gasteiger partial charge in [-0.1, -0.05) is 24.7 Å². The van der Waals surface area contributed by atoms with Gasteiger partial charge < -0.3 is 11.1 Å². The van der Waals surface area contributed by atoms with E-state index in [1.165, 1.54) is 25.0 Å². The Labute approximate surface area is 98.9 Å². The number of thiazole rings is 1. The standard InChI is InChI=1S/C10H17N3S2/c1-2-14-8-5-3-4-7(8)13-10-12-6-9(11)15-10/h6-8H,2-5,11H2,1H3,(H,12,13). The second-order valence-corrected chi connectivity index (χ2v) is 6.32. The second-order valence-electron chi connectivity index (χ2n) is 3.74. The second kappa shape index (κ2) is 5.07. The predicted octanol–water partition coefficient (Wildman–Crippen LogP) is 2.81. The minimum Gasteiger partial charge on any atom is -0.389 e. The van der Waals surface area contributed by atoms with Crippen LogP contribution in [0.4, 0.5) is 10.1 Å². The number of nitrogens with two attached hydrogens (primary N) is 1. The molecule has 1 fully saturated rings. The number of hydrogen-bond acceptors (Lipinski definition) is 5. The Morgan fingerprint density at radius 2 is 2.53 bits per heavy atom. The summed E-state index contributed by atoms with van der Waals surface area (Å²) in [5.41, 5.74) is 5.66. The van der Waals surface area contributed by atoms with Crippen molar-refractivity contribution in [3.05, 3.63) is 6.20 Å². The molecule has 1 aromatic rings. The monoisotopic (exact) mass is 243 g/mol. The van der Waals surface area contributed by atoms with E-state index < -0.39 is 0 Å². The summed E-state index contributed by atoms with van der Waals surface area (Å²) in [6, 6.07) is 0.584. The molecule has 0 spiro atoms. The van der Waals surface area contributed by atoms with Gasteiger partial charge in [-0.15, -0.1) is 0 Å². The average Bonchev–Trinajstić information content (AvgIpc) is 2.78. The van der Waals surface area contributed by atoms with E-state index >= 15 is 0 Å². The summed E-state index contributed by atoms with van der Waals surface area (Å²) in [5, 5.41) is 6.01. The fraction of sp³-hybridized carbons (Fsp3) is 0.700. The Morgan fingerprint density at radius 3 is 3.20 bits per heavy atom. The zero-order chi connectivity index (χ0) is 10.7. The van der Waals surface area contributed by atoms with Crippen LogP contribution >= 0.6 is 23.1 Å². The number of thioether (sulfide) groups is 1. The maximum absolute atomic E-state index is 5.66. The van der Waals surface area contributed by atoms with Crippen molar-refractivity contribution < 1.29 is 0 Å². The molecule has 0 aromatic carbocycles. The van der Waals surface area contributed by atoms with E-state index in [4.69, 9.17) is 5.73 Å². The SMILES string of the molecule is CCSC1CCCC1Nc1ncc(N)s1. The lowest BCUT2D eigenvalue weighted by Gasteiger charge is -2.19. The highest BCUT2D eigenvalue weighted by Crippen LogP contribution is 2.33. The Kier molecular flexibility index (Phi) is 3.75. The van der Waals surface area contributed by atoms with Crippen molar-refractivity contribution in [3.8, 4) is 0 Å². The van der Waals surface area contributed by atoms with Gasteiger partial charge in [0.15, 0.2) is 5.13 Å². The lowest BCUT2D eigenvalue weighted by Crippen LogP contribution is -2.25. The van der Waals surface area contributed by atoms with Crippen molar-refractivity contribution in [2.24, 2.45) is 0 Å². The molecule has 2 atom stereocenters. The van der Waals surface area contributed by atoms with Gasteiger partial charge in [-0.3, -0.25) is 0 Å². The minimum atomic E-state index is 0.584. The van der Waals surface area contributed by atoms with Crippen LogP contribution in [0.1, 0.15) is 26.2 Å². The number of nitrogen functional groups attached to an aromatic ring is 1. The van der Waals surface area contributed by atoms with E-state index in [1.54, 1.807) is 17.5 Å². The third-order valence-corrected chi connectivity index (χ3v) is 4.75. The van der Waals surface area contributed by atoms with Gasteiger partial charge >= 0.3 is 0 Å². The maximum atomic E-state index is 5.66. The van der Waals surface area contributed by atoms with Gasteiger partial charge in [0.25, 0.3) is 0 Å². The third kappa shape index (κ3) is 2.78. The molecule has 1 aliphatic rings. The maximum Gasteiger partial charge on any atom is 0.184 e. The van der Waals surface area contributed by atoms with E-state index in [1.807, 2.05) is 0 Å². The normalized spacial score (nSPS) is 25.7. The first-order chi connectivity index (χ1) is 7.29. The molecular weight excluding hydrogens is 226 g/mol. The topological polar surface area (TPSA) is 50.9 Å².